The second-order valence-electron chi connectivity index (χ2n) is 5.52. The fraction of sp³-hybridized carbons (Fsp3) is 0.588. The Hall–Kier alpha value is -0.420. The van der Waals surface area contributed by atoms with Crippen LogP contribution in [0.4, 0.5) is 0 Å². The highest BCUT2D eigenvalue weighted by atomic mass is 35.5. The van der Waals surface area contributed by atoms with E-state index in [1.807, 2.05) is 30.8 Å². The zero-order valence-electron chi connectivity index (χ0n) is 13.5. The van der Waals surface area contributed by atoms with Gasteiger partial charge in [-0.3, -0.25) is 4.79 Å². The van der Waals surface area contributed by atoms with E-state index in [0.29, 0.717) is 6.61 Å². The van der Waals surface area contributed by atoms with Crippen LogP contribution in [0.3, 0.4) is 0 Å². The predicted molar refractivity (Wildman–Crippen MR) is 99.8 cm³/mol. The molecule has 130 valence electrons. The number of carbonyl (C=O) groups excluding carboxylic acids is 1. The maximum Gasteiger partial charge on any atom is 0.309 e. The Kier molecular flexibility index (Phi) is 10.0. The Bertz CT molecular complexity index is 462. The van der Waals surface area contributed by atoms with Crippen LogP contribution in [0.5, 0.6) is 0 Å². The molecule has 0 atom stereocenters. The first-order chi connectivity index (χ1) is 10.7. The first-order valence-electron chi connectivity index (χ1n) is 7.96. The molecular weight excluding hydrogens is 353 g/mol. The molecule has 23 heavy (non-hydrogen) atoms. The second-order valence-corrected chi connectivity index (χ2v) is 7.13. The van der Waals surface area contributed by atoms with Crippen LogP contribution in [0.25, 0.3) is 0 Å². The number of nitrogens with zero attached hydrogens (tertiary/aromatic N) is 1. The van der Waals surface area contributed by atoms with E-state index in [1.165, 1.54) is 4.90 Å². The molecule has 1 saturated heterocycles. The zero-order chi connectivity index (χ0) is 15.8. The fourth-order valence-corrected chi connectivity index (χ4v) is 3.63. The van der Waals surface area contributed by atoms with E-state index in [1.54, 1.807) is 0 Å². The minimum Gasteiger partial charge on any atom is -0.466 e. The molecule has 0 aromatic heterocycles. The van der Waals surface area contributed by atoms with Gasteiger partial charge in [0.05, 0.1) is 12.5 Å². The van der Waals surface area contributed by atoms with Crippen LogP contribution in [-0.4, -0.2) is 42.9 Å². The average molecular weight is 378 g/mol. The highest BCUT2D eigenvalue weighted by Crippen LogP contribution is 2.22. The molecule has 0 bridgehead atoms. The summed E-state index contributed by atoms with van der Waals surface area (Å²) in [7, 11) is 0. The Morgan fingerprint density at radius 2 is 1.96 bits per heavy atom. The van der Waals surface area contributed by atoms with Gasteiger partial charge in [-0.1, -0.05) is 11.6 Å². The molecule has 0 radical (unpaired) electrons. The first kappa shape index (κ1) is 20.6. The molecule has 6 heteroatoms. The minimum atomic E-state index is -0.0135. The summed E-state index contributed by atoms with van der Waals surface area (Å²) >= 11 is 7.75. The highest BCUT2D eigenvalue weighted by Gasteiger charge is 2.25. The molecule has 1 heterocycles. The molecule has 1 aromatic carbocycles. The number of benzene rings is 1. The number of hydrogen-bond donors (Lipinski definition) is 0. The van der Waals surface area contributed by atoms with Gasteiger partial charge in [0.25, 0.3) is 0 Å². The molecule has 2 rings (SSSR count). The number of carbonyl (C=O) groups is 1. The number of hydrogen-bond acceptors (Lipinski definition) is 4. The van der Waals surface area contributed by atoms with Crippen LogP contribution in [0.1, 0.15) is 26.2 Å². The van der Waals surface area contributed by atoms with Crippen molar-refractivity contribution < 1.29 is 9.53 Å². The summed E-state index contributed by atoms with van der Waals surface area (Å²) < 4.78 is 5.10. The third kappa shape index (κ3) is 7.34. The molecule has 0 N–H and O–H groups in total. The van der Waals surface area contributed by atoms with Crippen molar-refractivity contribution in [1.82, 2.24) is 4.90 Å². The third-order valence-corrected chi connectivity index (χ3v) is 5.26. The summed E-state index contributed by atoms with van der Waals surface area (Å²) in [6.07, 6.45) is 3.03. The van der Waals surface area contributed by atoms with Gasteiger partial charge in [0.15, 0.2) is 0 Å². The van der Waals surface area contributed by atoms with E-state index in [-0.39, 0.29) is 24.3 Å². The Morgan fingerprint density at radius 1 is 1.30 bits per heavy atom. The van der Waals surface area contributed by atoms with E-state index in [0.717, 1.165) is 49.7 Å². The fourth-order valence-electron chi connectivity index (χ4n) is 2.66. The van der Waals surface area contributed by atoms with Gasteiger partial charge in [-0.05, 0) is 75.8 Å². The third-order valence-electron chi connectivity index (χ3n) is 3.91. The van der Waals surface area contributed by atoms with E-state index in [2.05, 4.69) is 17.0 Å². The van der Waals surface area contributed by atoms with Crippen LogP contribution in [0, 0.1) is 5.92 Å². The Morgan fingerprint density at radius 3 is 2.57 bits per heavy atom. The Balaban J connectivity index is 0.00000264. The number of rotatable bonds is 7. The molecular formula is C17H25Cl2NO2S. The standard InChI is InChI=1S/C17H24ClNO2S.ClH/c1-2-21-17(20)14-8-11-19(12-9-14)10-3-13-22-16-6-4-15(18)5-7-16;/h4-7,14H,2-3,8-13H2,1H3;1H. The topological polar surface area (TPSA) is 29.5 Å². The van der Waals surface area contributed by atoms with Crippen LogP contribution >= 0.6 is 35.8 Å². The van der Waals surface area contributed by atoms with Crippen molar-refractivity contribution in [3.8, 4) is 0 Å². The number of esters is 1. The number of ether oxygens (including phenoxy) is 1. The monoisotopic (exact) mass is 377 g/mol. The summed E-state index contributed by atoms with van der Waals surface area (Å²) in [6.45, 7) is 5.48. The van der Waals surface area contributed by atoms with Gasteiger partial charge in [-0.2, -0.15) is 0 Å². The summed E-state index contributed by atoms with van der Waals surface area (Å²) in [5.41, 5.74) is 0. The lowest BCUT2D eigenvalue weighted by molar-refractivity contribution is -0.149. The van der Waals surface area contributed by atoms with Crippen molar-refractivity contribution >= 4 is 41.7 Å². The largest absolute Gasteiger partial charge is 0.466 e. The molecule has 0 spiro atoms. The molecule has 0 aliphatic carbocycles. The lowest BCUT2D eigenvalue weighted by atomic mass is 9.97. The van der Waals surface area contributed by atoms with Gasteiger partial charge in [0, 0.05) is 9.92 Å². The molecule has 1 aliphatic heterocycles. The second kappa shape index (κ2) is 11.2. The number of thioether (sulfide) groups is 1. The van der Waals surface area contributed by atoms with E-state index in [4.69, 9.17) is 16.3 Å². The van der Waals surface area contributed by atoms with Crippen molar-refractivity contribution in [2.24, 2.45) is 5.92 Å². The minimum absolute atomic E-state index is 0. The molecule has 1 fully saturated rings. The summed E-state index contributed by atoms with van der Waals surface area (Å²) in [4.78, 5) is 15.4. The first-order valence-corrected chi connectivity index (χ1v) is 9.32. The molecule has 0 unspecified atom stereocenters. The highest BCUT2D eigenvalue weighted by molar-refractivity contribution is 7.99. The van der Waals surface area contributed by atoms with Gasteiger partial charge in [0.1, 0.15) is 0 Å². The van der Waals surface area contributed by atoms with Gasteiger partial charge in [0.2, 0.25) is 0 Å². The van der Waals surface area contributed by atoms with Crippen LogP contribution in [-0.2, 0) is 9.53 Å². The van der Waals surface area contributed by atoms with E-state index in [9.17, 15) is 4.79 Å². The van der Waals surface area contributed by atoms with Crippen LogP contribution in [0.2, 0.25) is 5.02 Å². The SMILES string of the molecule is CCOC(=O)C1CCN(CCCSc2ccc(Cl)cc2)CC1.Cl. The quantitative estimate of drug-likeness (QED) is 0.396. The van der Waals surface area contributed by atoms with Crippen LogP contribution < -0.4 is 0 Å². The van der Waals surface area contributed by atoms with Crippen LogP contribution in [0.15, 0.2) is 29.2 Å². The maximum absolute atomic E-state index is 11.7. The number of piperidine rings is 1. The molecule has 3 nitrogen and oxygen atoms in total. The predicted octanol–water partition coefficient (Wildman–Crippen LogP) is 4.52. The smallest absolute Gasteiger partial charge is 0.309 e. The van der Waals surface area contributed by atoms with Gasteiger partial charge < -0.3 is 9.64 Å². The van der Waals surface area contributed by atoms with Crippen molar-refractivity contribution in [3.63, 3.8) is 0 Å². The van der Waals surface area contributed by atoms with Gasteiger partial charge >= 0.3 is 5.97 Å². The molecule has 0 amide bonds. The number of halogens is 2. The normalized spacial score (nSPS) is 15.9. The zero-order valence-corrected chi connectivity index (χ0v) is 15.9. The van der Waals surface area contributed by atoms with Crippen molar-refractivity contribution in [3.05, 3.63) is 29.3 Å². The molecule has 1 aromatic rings. The van der Waals surface area contributed by atoms with Crippen molar-refractivity contribution in [2.45, 2.75) is 31.1 Å². The maximum atomic E-state index is 11.7. The van der Waals surface area contributed by atoms with Crippen molar-refractivity contribution in [2.75, 3.05) is 32.0 Å². The summed E-state index contributed by atoms with van der Waals surface area (Å²) in [5, 5.41) is 0.786. The van der Waals surface area contributed by atoms with Crippen molar-refractivity contribution in [1.29, 1.82) is 0 Å². The van der Waals surface area contributed by atoms with E-state index < -0.39 is 0 Å². The lowest BCUT2D eigenvalue weighted by Gasteiger charge is -2.30. The number of likely N-dealkylation sites (tertiary alicyclic amines) is 1. The van der Waals surface area contributed by atoms with E-state index >= 15 is 0 Å². The van der Waals surface area contributed by atoms with Gasteiger partial charge in [-0.25, -0.2) is 0 Å². The lowest BCUT2D eigenvalue weighted by Crippen LogP contribution is -2.37. The summed E-state index contributed by atoms with van der Waals surface area (Å²) in [6, 6.07) is 8.00. The molecule has 0 saturated carbocycles. The molecule has 1 aliphatic rings. The average Bonchev–Trinajstić information content (AvgIpc) is 2.54. The summed E-state index contributed by atoms with van der Waals surface area (Å²) in [5.74, 6) is 1.21. The van der Waals surface area contributed by atoms with Gasteiger partial charge in [-0.15, -0.1) is 24.2 Å². The Labute approximate surface area is 154 Å².